The fourth-order valence-corrected chi connectivity index (χ4v) is 3.89. The molecule has 1 N–H and O–H groups in total. The van der Waals surface area contributed by atoms with E-state index in [0.717, 1.165) is 25.7 Å². The van der Waals surface area contributed by atoms with Gasteiger partial charge in [-0.2, -0.15) is 12.6 Å². The summed E-state index contributed by atoms with van der Waals surface area (Å²) in [5, 5.41) is 9.47. The van der Waals surface area contributed by atoms with E-state index in [9.17, 15) is 14.7 Å². The molecular weight excluding hydrogens is 306 g/mol. The van der Waals surface area contributed by atoms with E-state index in [-0.39, 0.29) is 37.0 Å². The molecule has 2 heterocycles. The van der Waals surface area contributed by atoms with E-state index < -0.39 is 17.8 Å². The number of rotatable bonds is 3. The van der Waals surface area contributed by atoms with Crippen LogP contribution in [0.1, 0.15) is 39.0 Å². The zero-order valence-corrected chi connectivity index (χ0v) is 13.6. The highest BCUT2D eigenvalue weighted by Gasteiger charge is 2.57. The summed E-state index contributed by atoms with van der Waals surface area (Å²) in [7, 11) is 0. The molecule has 5 atom stereocenters. The number of likely N-dealkylation sites (tertiary alicyclic amines) is 1. The second-order valence-corrected chi connectivity index (χ2v) is 6.98. The van der Waals surface area contributed by atoms with E-state index in [2.05, 4.69) is 12.6 Å². The monoisotopic (exact) mass is 329 g/mol. The molecule has 3 rings (SSSR count). The van der Waals surface area contributed by atoms with Crippen molar-refractivity contribution in [1.82, 2.24) is 4.90 Å². The van der Waals surface area contributed by atoms with Crippen LogP contribution in [0.3, 0.4) is 0 Å². The molecule has 6 nitrogen and oxygen atoms in total. The van der Waals surface area contributed by atoms with Crippen molar-refractivity contribution in [2.45, 2.75) is 63.1 Å². The lowest BCUT2D eigenvalue weighted by Crippen LogP contribution is -2.44. The number of ether oxygens (including phenoxy) is 2. The van der Waals surface area contributed by atoms with Crippen LogP contribution in [0.4, 0.5) is 0 Å². The minimum atomic E-state index is -1.00. The Labute approximate surface area is 135 Å². The number of carbonyl (C=O) groups is 2. The molecule has 1 saturated carbocycles. The van der Waals surface area contributed by atoms with Crippen LogP contribution in [-0.2, 0) is 19.1 Å². The molecule has 0 aromatic carbocycles. The molecule has 2 aliphatic heterocycles. The van der Waals surface area contributed by atoms with Gasteiger partial charge in [-0.25, -0.2) is 4.79 Å². The summed E-state index contributed by atoms with van der Waals surface area (Å²) in [6.07, 6.45) is 4.42. The van der Waals surface area contributed by atoms with Crippen LogP contribution >= 0.6 is 12.6 Å². The fraction of sp³-hybridized carbons (Fsp3) is 0.867. The quantitative estimate of drug-likeness (QED) is 0.763. The van der Waals surface area contributed by atoms with Gasteiger partial charge >= 0.3 is 5.97 Å². The van der Waals surface area contributed by atoms with E-state index in [1.54, 1.807) is 6.92 Å². The van der Waals surface area contributed by atoms with E-state index in [4.69, 9.17) is 9.47 Å². The number of carbonyl (C=O) groups excluding carboxylic acids is 1. The average molecular weight is 329 g/mol. The Bertz CT molecular complexity index is 457. The predicted molar refractivity (Wildman–Crippen MR) is 81.7 cm³/mol. The molecule has 124 valence electrons. The summed E-state index contributed by atoms with van der Waals surface area (Å²) in [5.41, 5.74) is 0. The van der Waals surface area contributed by atoms with E-state index in [1.807, 2.05) is 0 Å². The lowest BCUT2D eigenvalue weighted by atomic mass is 9.95. The molecule has 0 aromatic rings. The van der Waals surface area contributed by atoms with Gasteiger partial charge in [0.15, 0.2) is 5.79 Å². The van der Waals surface area contributed by atoms with Crippen LogP contribution in [0.25, 0.3) is 0 Å². The fourth-order valence-electron chi connectivity index (χ4n) is 3.74. The number of carboxylic acids is 1. The van der Waals surface area contributed by atoms with Crippen molar-refractivity contribution < 1.29 is 24.2 Å². The first kappa shape index (κ1) is 16.1. The van der Waals surface area contributed by atoms with Crippen molar-refractivity contribution in [3.63, 3.8) is 0 Å². The Morgan fingerprint density at radius 1 is 1.32 bits per heavy atom. The van der Waals surface area contributed by atoms with Crippen molar-refractivity contribution in [2.24, 2.45) is 5.92 Å². The van der Waals surface area contributed by atoms with E-state index >= 15 is 0 Å². The highest BCUT2D eigenvalue weighted by Crippen LogP contribution is 2.44. The van der Waals surface area contributed by atoms with Crippen LogP contribution in [-0.4, -0.2) is 58.2 Å². The summed E-state index contributed by atoms with van der Waals surface area (Å²) >= 11 is 4.14. The number of amides is 1. The molecule has 0 aromatic heterocycles. The van der Waals surface area contributed by atoms with Crippen molar-refractivity contribution in [2.75, 3.05) is 12.3 Å². The molecule has 3 fully saturated rings. The number of hydrogen-bond acceptors (Lipinski definition) is 5. The van der Waals surface area contributed by atoms with Gasteiger partial charge in [-0.1, -0.05) is 19.8 Å². The molecule has 3 aliphatic rings. The van der Waals surface area contributed by atoms with Crippen LogP contribution in [0.5, 0.6) is 0 Å². The number of thiol groups is 1. The Morgan fingerprint density at radius 2 is 1.91 bits per heavy atom. The molecule has 7 heteroatoms. The van der Waals surface area contributed by atoms with Gasteiger partial charge in [0, 0.05) is 18.1 Å². The zero-order valence-electron chi connectivity index (χ0n) is 12.7. The van der Waals surface area contributed by atoms with Crippen molar-refractivity contribution in [1.29, 1.82) is 0 Å². The third-order valence-corrected chi connectivity index (χ3v) is 5.48. The Morgan fingerprint density at radius 3 is 2.41 bits per heavy atom. The van der Waals surface area contributed by atoms with Gasteiger partial charge in [0.1, 0.15) is 6.04 Å². The minimum Gasteiger partial charge on any atom is -0.480 e. The summed E-state index contributed by atoms with van der Waals surface area (Å²) in [4.78, 5) is 25.4. The number of carboxylic acid groups (broad SMARTS) is 1. The third kappa shape index (κ3) is 2.74. The Kier molecular flexibility index (Phi) is 4.40. The number of aliphatic carboxylic acids is 1. The molecule has 0 radical (unpaired) electrons. The van der Waals surface area contributed by atoms with Crippen molar-refractivity contribution >= 4 is 24.5 Å². The highest BCUT2D eigenvalue weighted by molar-refractivity contribution is 7.80. The molecule has 22 heavy (non-hydrogen) atoms. The smallest absolute Gasteiger partial charge is 0.326 e. The van der Waals surface area contributed by atoms with E-state index in [0.29, 0.717) is 5.75 Å². The lowest BCUT2D eigenvalue weighted by molar-refractivity contribution is -0.168. The van der Waals surface area contributed by atoms with Gasteiger partial charge in [-0.15, -0.1) is 0 Å². The average Bonchev–Trinajstić information content (AvgIpc) is 3.05. The number of nitrogens with zero attached hydrogens (tertiary/aromatic N) is 1. The molecule has 0 bridgehead atoms. The Hall–Kier alpha value is -0.790. The summed E-state index contributed by atoms with van der Waals surface area (Å²) < 4.78 is 12.2. The SMILES string of the molecule is CC(CS)C(=O)N1C[C@@]2(C[C@H]1C(=O)O)O[C@H]1CCCC[C@H]1O2. The van der Waals surface area contributed by atoms with Gasteiger partial charge in [0.05, 0.1) is 18.8 Å². The van der Waals surface area contributed by atoms with Gasteiger partial charge in [0.25, 0.3) is 0 Å². The summed E-state index contributed by atoms with van der Waals surface area (Å²) in [6.45, 7) is 1.96. The predicted octanol–water partition coefficient (Wildman–Crippen LogP) is 1.29. The molecule has 1 spiro atoms. The number of fused-ring (bicyclic) bond motifs is 1. The first-order valence-corrected chi connectivity index (χ1v) is 8.59. The maximum atomic E-state index is 12.4. The highest BCUT2D eigenvalue weighted by atomic mass is 32.1. The topological polar surface area (TPSA) is 76.1 Å². The van der Waals surface area contributed by atoms with Crippen LogP contribution in [0.2, 0.25) is 0 Å². The molecular formula is C15H23NO5S. The van der Waals surface area contributed by atoms with Crippen LogP contribution in [0.15, 0.2) is 0 Å². The standard InChI is InChI=1S/C15H23NO5S/c1-9(7-22)13(17)16-8-15(6-10(16)14(18)19)20-11-4-2-3-5-12(11)21-15/h9-12,22H,2-8H2,1H3,(H,18,19)/t9?,10-,11-,12+,15-/m0/s1. The maximum Gasteiger partial charge on any atom is 0.326 e. The van der Waals surface area contributed by atoms with Gasteiger partial charge < -0.3 is 19.5 Å². The maximum absolute atomic E-state index is 12.4. The minimum absolute atomic E-state index is 0.0422. The first-order valence-electron chi connectivity index (χ1n) is 7.95. The van der Waals surface area contributed by atoms with E-state index in [1.165, 1.54) is 4.90 Å². The Balaban J connectivity index is 1.78. The second kappa shape index (κ2) is 6.02. The normalized spacial score (nSPS) is 39.0. The van der Waals surface area contributed by atoms with Gasteiger partial charge in [-0.3, -0.25) is 4.79 Å². The van der Waals surface area contributed by atoms with Gasteiger partial charge in [-0.05, 0) is 12.8 Å². The number of hydrogen-bond donors (Lipinski definition) is 2. The largest absolute Gasteiger partial charge is 0.480 e. The summed E-state index contributed by atoms with van der Waals surface area (Å²) in [6, 6.07) is -0.880. The molecule has 1 aliphatic carbocycles. The zero-order chi connectivity index (χ0) is 15.9. The van der Waals surface area contributed by atoms with Crippen LogP contribution in [0, 0.1) is 5.92 Å². The molecule has 1 unspecified atom stereocenters. The first-order chi connectivity index (χ1) is 10.5. The van der Waals surface area contributed by atoms with Crippen molar-refractivity contribution in [3.8, 4) is 0 Å². The van der Waals surface area contributed by atoms with Crippen molar-refractivity contribution in [3.05, 3.63) is 0 Å². The lowest BCUT2D eigenvalue weighted by Gasteiger charge is -2.25. The second-order valence-electron chi connectivity index (χ2n) is 6.62. The molecule has 1 amide bonds. The molecule has 2 saturated heterocycles. The third-order valence-electron chi connectivity index (χ3n) is 4.93. The van der Waals surface area contributed by atoms with Gasteiger partial charge in [0.2, 0.25) is 5.91 Å². The van der Waals surface area contributed by atoms with Crippen LogP contribution < -0.4 is 0 Å². The summed E-state index contributed by atoms with van der Waals surface area (Å²) in [5.74, 6) is -2.06.